The molecular formula is C15H17NO. The van der Waals surface area contributed by atoms with Crippen LogP contribution in [-0.4, -0.2) is 5.11 Å². The number of benzene rings is 2. The molecule has 2 rings (SSSR count). The molecular weight excluding hydrogens is 210 g/mol. The molecule has 1 unspecified atom stereocenters. The first kappa shape index (κ1) is 11.5. The highest BCUT2D eigenvalue weighted by Gasteiger charge is 2.15. The number of phenols is 1. The van der Waals surface area contributed by atoms with E-state index in [2.05, 4.69) is 13.0 Å². The zero-order valence-corrected chi connectivity index (χ0v) is 9.93. The van der Waals surface area contributed by atoms with Crippen LogP contribution in [0.4, 0.5) is 5.69 Å². The molecule has 2 heteroatoms. The van der Waals surface area contributed by atoms with Crippen molar-refractivity contribution in [1.82, 2.24) is 0 Å². The van der Waals surface area contributed by atoms with Gasteiger partial charge in [-0.2, -0.15) is 0 Å². The van der Waals surface area contributed by atoms with E-state index in [9.17, 15) is 5.11 Å². The molecule has 0 saturated heterocycles. The predicted molar refractivity (Wildman–Crippen MR) is 71.1 cm³/mol. The molecule has 0 bridgehead atoms. The van der Waals surface area contributed by atoms with E-state index in [1.807, 2.05) is 36.4 Å². The van der Waals surface area contributed by atoms with Gasteiger partial charge in [0.05, 0.1) is 0 Å². The van der Waals surface area contributed by atoms with Crippen LogP contribution >= 0.6 is 0 Å². The molecule has 17 heavy (non-hydrogen) atoms. The molecule has 88 valence electrons. The number of nitrogen functional groups attached to an aromatic ring is 1. The number of nitrogens with two attached hydrogens (primary N) is 1. The Labute approximate surface area is 102 Å². The van der Waals surface area contributed by atoms with Crippen molar-refractivity contribution in [2.45, 2.75) is 19.3 Å². The monoisotopic (exact) mass is 227 g/mol. The lowest BCUT2D eigenvalue weighted by molar-refractivity contribution is 0.464. The predicted octanol–water partition coefficient (Wildman–Crippen LogP) is 3.52. The van der Waals surface area contributed by atoms with Crippen molar-refractivity contribution in [2.75, 3.05) is 5.73 Å². The first-order valence-electron chi connectivity index (χ1n) is 5.85. The molecule has 0 spiro atoms. The Hall–Kier alpha value is -1.96. The Morgan fingerprint density at radius 3 is 2.53 bits per heavy atom. The first-order valence-corrected chi connectivity index (χ1v) is 5.85. The van der Waals surface area contributed by atoms with E-state index in [1.165, 1.54) is 0 Å². The Balaban J connectivity index is 2.44. The van der Waals surface area contributed by atoms with Gasteiger partial charge >= 0.3 is 0 Å². The second-order valence-corrected chi connectivity index (χ2v) is 4.19. The van der Waals surface area contributed by atoms with Crippen molar-refractivity contribution in [3.8, 4) is 5.75 Å². The Kier molecular flexibility index (Phi) is 3.33. The lowest BCUT2D eigenvalue weighted by Gasteiger charge is -2.17. The van der Waals surface area contributed by atoms with Crippen molar-refractivity contribution in [3.63, 3.8) is 0 Å². The number of anilines is 1. The summed E-state index contributed by atoms with van der Waals surface area (Å²) in [4.78, 5) is 0. The molecule has 0 saturated carbocycles. The van der Waals surface area contributed by atoms with Gasteiger partial charge in [0.1, 0.15) is 5.75 Å². The Morgan fingerprint density at radius 2 is 1.88 bits per heavy atom. The lowest BCUT2D eigenvalue weighted by atomic mass is 9.88. The van der Waals surface area contributed by atoms with E-state index >= 15 is 0 Å². The number of hydrogen-bond acceptors (Lipinski definition) is 2. The molecule has 1 atom stereocenters. The molecule has 0 aliphatic rings. The number of hydrogen-bond donors (Lipinski definition) is 2. The van der Waals surface area contributed by atoms with Crippen molar-refractivity contribution in [3.05, 3.63) is 59.7 Å². The summed E-state index contributed by atoms with van der Waals surface area (Å²) >= 11 is 0. The van der Waals surface area contributed by atoms with E-state index < -0.39 is 0 Å². The number of rotatable bonds is 3. The van der Waals surface area contributed by atoms with Gasteiger partial charge in [-0.05, 0) is 30.2 Å². The van der Waals surface area contributed by atoms with Gasteiger partial charge in [-0.1, -0.05) is 37.3 Å². The van der Waals surface area contributed by atoms with E-state index in [-0.39, 0.29) is 5.92 Å². The summed E-state index contributed by atoms with van der Waals surface area (Å²) in [5.41, 5.74) is 8.67. The van der Waals surface area contributed by atoms with Crippen molar-refractivity contribution in [2.24, 2.45) is 0 Å². The zero-order valence-electron chi connectivity index (χ0n) is 9.93. The van der Waals surface area contributed by atoms with E-state index in [0.29, 0.717) is 5.75 Å². The maximum Gasteiger partial charge on any atom is 0.119 e. The second kappa shape index (κ2) is 4.91. The highest BCUT2D eigenvalue weighted by molar-refractivity contribution is 5.47. The summed E-state index contributed by atoms with van der Waals surface area (Å²) in [5.74, 6) is 0.543. The third kappa shape index (κ3) is 2.41. The molecule has 0 amide bonds. The van der Waals surface area contributed by atoms with Gasteiger partial charge in [0, 0.05) is 17.2 Å². The summed E-state index contributed by atoms with van der Waals surface area (Å²) < 4.78 is 0. The fourth-order valence-electron chi connectivity index (χ4n) is 2.19. The minimum atomic E-state index is 0.194. The fourth-order valence-corrected chi connectivity index (χ4v) is 2.19. The normalized spacial score (nSPS) is 12.3. The Bertz CT molecular complexity index is 508. The molecule has 2 nitrogen and oxygen atoms in total. The summed E-state index contributed by atoms with van der Waals surface area (Å²) in [6.07, 6.45) is 0.932. The maximum absolute atomic E-state index is 9.91. The highest BCUT2D eigenvalue weighted by atomic mass is 16.3. The second-order valence-electron chi connectivity index (χ2n) is 4.19. The van der Waals surface area contributed by atoms with E-state index in [1.54, 1.807) is 6.07 Å². The molecule has 3 N–H and O–H groups in total. The van der Waals surface area contributed by atoms with Gasteiger partial charge in [-0.15, -0.1) is 0 Å². The summed E-state index contributed by atoms with van der Waals surface area (Å²) in [5, 5.41) is 9.91. The van der Waals surface area contributed by atoms with Crippen LogP contribution in [0.2, 0.25) is 0 Å². The molecule has 0 heterocycles. The van der Waals surface area contributed by atoms with Crippen molar-refractivity contribution >= 4 is 5.69 Å². The van der Waals surface area contributed by atoms with Crippen LogP contribution in [0.25, 0.3) is 0 Å². The average molecular weight is 227 g/mol. The van der Waals surface area contributed by atoms with Crippen LogP contribution in [-0.2, 0) is 0 Å². The number of para-hydroxylation sites is 1. The van der Waals surface area contributed by atoms with E-state index in [0.717, 1.165) is 23.2 Å². The first-order chi connectivity index (χ1) is 8.22. The summed E-state index contributed by atoms with van der Waals surface area (Å²) in [7, 11) is 0. The molecule has 2 aromatic carbocycles. The smallest absolute Gasteiger partial charge is 0.119 e. The van der Waals surface area contributed by atoms with Gasteiger partial charge in [-0.25, -0.2) is 0 Å². The molecule has 0 aliphatic carbocycles. The standard InChI is InChI=1S/C15H17NO/c1-2-13(11-6-5-7-12(16)10-11)14-8-3-4-9-15(14)17/h3-10,13,17H,2,16H2,1H3. The van der Waals surface area contributed by atoms with Crippen LogP contribution < -0.4 is 5.73 Å². The third-order valence-corrected chi connectivity index (χ3v) is 3.03. The van der Waals surface area contributed by atoms with Crippen molar-refractivity contribution in [1.29, 1.82) is 0 Å². The van der Waals surface area contributed by atoms with Gasteiger partial charge < -0.3 is 10.8 Å². The third-order valence-electron chi connectivity index (χ3n) is 3.03. The molecule has 0 aromatic heterocycles. The van der Waals surface area contributed by atoms with Crippen LogP contribution in [0, 0.1) is 0 Å². The average Bonchev–Trinajstić information content (AvgIpc) is 2.33. The van der Waals surface area contributed by atoms with Crippen LogP contribution in [0.1, 0.15) is 30.4 Å². The minimum absolute atomic E-state index is 0.194. The number of aromatic hydroxyl groups is 1. The van der Waals surface area contributed by atoms with E-state index in [4.69, 9.17) is 5.73 Å². The van der Waals surface area contributed by atoms with Gasteiger partial charge in [-0.3, -0.25) is 0 Å². The summed E-state index contributed by atoms with van der Waals surface area (Å²) in [6, 6.07) is 15.3. The molecule has 0 aliphatic heterocycles. The van der Waals surface area contributed by atoms with Crippen LogP contribution in [0.5, 0.6) is 5.75 Å². The largest absolute Gasteiger partial charge is 0.508 e. The van der Waals surface area contributed by atoms with Gasteiger partial charge in [0.2, 0.25) is 0 Å². The van der Waals surface area contributed by atoms with Gasteiger partial charge in [0.25, 0.3) is 0 Å². The maximum atomic E-state index is 9.91. The van der Waals surface area contributed by atoms with Crippen LogP contribution in [0.15, 0.2) is 48.5 Å². The topological polar surface area (TPSA) is 46.2 Å². The zero-order chi connectivity index (χ0) is 12.3. The lowest BCUT2D eigenvalue weighted by Crippen LogP contribution is -2.00. The summed E-state index contributed by atoms with van der Waals surface area (Å²) in [6.45, 7) is 2.11. The SMILES string of the molecule is CCC(c1cccc(N)c1)c1ccccc1O. The quantitative estimate of drug-likeness (QED) is 0.788. The van der Waals surface area contributed by atoms with Gasteiger partial charge in [0.15, 0.2) is 0 Å². The number of phenolic OH excluding ortho intramolecular Hbond substituents is 1. The minimum Gasteiger partial charge on any atom is -0.508 e. The molecule has 0 radical (unpaired) electrons. The molecule has 2 aromatic rings. The molecule has 0 fully saturated rings. The van der Waals surface area contributed by atoms with Crippen LogP contribution in [0.3, 0.4) is 0 Å². The fraction of sp³-hybridized carbons (Fsp3) is 0.200. The highest BCUT2D eigenvalue weighted by Crippen LogP contribution is 2.33. The Morgan fingerprint density at radius 1 is 1.12 bits per heavy atom. The van der Waals surface area contributed by atoms with Crippen molar-refractivity contribution < 1.29 is 5.11 Å².